The summed E-state index contributed by atoms with van der Waals surface area (Å²) in [6.07, 6.45) is 1.75. The molecule has 0 atom stereocenters. The molecule has 0 saturated carbocycles. The molecule has 0 unspecified atom stereocenters. The molecule has 0 saturated heterocycles. The lowest BCUT2D eigenvalue weighted by Crippen LogP contribution is -2.20. The zero-order valence-corrected chi connectivity index (χ0v) is 10.0. The molecule has 0 aliphatic carbocycles. The van der Waals surface area contributed by atoms with Gasteiger partial charge in [0.15, 0.2) is 11.7 Å². The summed E-state index contributed by atoms with van der Waals surface area (Å²) in [5.41, 5.74) is 4.05. The molecule has 1 aromatic carbocycles. The van der Waals surface area contributed by atoms with Crippen molar-refractivity contribution < 1.29 is 20.8 Å². The maximum Gasteiger partial charge on any atom is 0.172 e. The minimum absolute atomic E-state index is 0.135. The minimum atomic E-state index is -0.135. The van der Waals surface area contributed by atoms with Crippen LogP contribution in [-0.4, -0.2) is 44.9 Å². The summed E-state index contributed by atoms with van der Waals surface area (Å²) >= 11 is 0. The van der Waals surface area contributed by atoms with E-state index in [4.69, 9.17) is 20.8 Å². The van der Waals surface area contributed by atoms with Gasteiger partial charge in [-0.1, -0.05) is 22.4 Å². The Morgan fingerprint density at radius 1 is 0.850 bits per heavy atom. The highest BCUT2D eigenvalue weighted by atomic mass is 16.5. The number of oxime groups is 2. The first-order chi connectivity index (χ1) is 9.74. The van der Waals surface area contributed by atoms with Gasteiger partial charge < -0.3 is 10.4 Å². The average molecular weight is 280 g/mol. The Bertz CT molecular complexity index is 505. The molecule has 0 aliphatic rings. The van der Waals surface area contributed by atoms with E-state index < -0.39 is 0 Å². The van der Waals surface area contributed by atoms with Crippen LogP contribution in [0.1, 0.15) is 0 Å². The molecule has 0 aliphatic heterocycles. The Balaban J connectivity index is 3.23. The third-order valence-corrected chi connectivity index (χ3v) is 1.95. The highest BCUT2D eigenvalue weighted by Gasteiger charge is 2.03. The van der Waals surface area contributed by atoms with Crippen LogP contribution in [0.25, 0.3) is 0 Å². The Morgan fingerprint density at radius 2 is 1.25 bits per heavy atom. The van der Waals surface area contributed by atoms with Crippen molar-refractivity contribution in [2.45, 2.75) is 0 Å². The second kappa shape index (κ2) is 8.18. The number of para-hydroxylation sites is 2. The lowest BCUT2D eigenvalue weighted by atomic mass is 10.3. The fraction of sp³-hybridized carbons (Fsp3) is 0. The van der Waals surface area contributed by atoms with E-state index in [0.717, 1.165) is 12.4 Å². The first-order valence-corrected chi connectivity index (χ1v) is 5.16. The molecule has 0 aromatic heterocycles. The summed E-state index contributed by atoms with van der Waals surface area (Å²) in [4.78, 5) is 7.87. The molecule has 106 valence electrons. The lowest BCUT2D eigenvalue weighted by molar-refractivity contribution is 0.236. The third kappa shape index (κ3) is 4.36. The number of nitrogens with one attached hydrogen (secondary N) is 2. The van der Waals surface area contributed by atoms with Gasteiger partial charge in [0.25, 0.3) is 0 Å². The molecule has 1 rings (SSSR count). The summed E-state index contributed by atoms with van der Waals surface area (Å²) in [5, 5.41) is 39.8. The fourth-order valence-electron chi connectivity index (χ4n) is 1.19. The number of rotatable bonds is 4. The summed E-state index contributed by atoms with van der Waals surface area (Å²) in [6, 6.07) is 6.45. The predicted molar refractivity (Wildman–Crippen MR) is 71.0 cm³/mol. The third-order valence-electron chi connectivity index (χ3n) is 1.95. The predicted octanol–water partition coefficient (Wildman–Crippen LogP) is 0.624. The highest BCUT2D eigenvalue weighted by molar-refractivity contribution is 6.30. The van der Waals surface area contributed by atoms with E-state index >= 15 is 0 Å². The normalized spacial score (nSPS) is 13.1. The molecule has 0 amide bonds. The molecule has 0 heterocycles. The second-order valence-electron chi connectivity index (χ2n) is 3.20. The smallest absolute Gasteiger partial charge is 0.172 e. The fourth-order valence-corrected chi connectivity index (χ4v) is 1.19. The summed E-state index contributed by atoms with van der Waals surface area (Å²) in [7, 11) is 0. The van der Waals surface area contributed by atoms with Gasteiger partial charge in [0.1, 0.15) is 12.4 Å². The first-order valence-electron chi connectivity index (χ1n) is 5.16. The van der Waals surface area contributed by atoms with E-state index in [2.05, 4.69) is 20.3 Å². The van der Waals surface area contributed by atoms with Gasteiger partial charge in [-0.3, -0.25) is 21.4 Å². The number of amidine groups is 2. The zero-order valence-electron chi connectivity index (χ0n) is 10.0. The molecule has 0 spiro atoms. The van der Waals surface area contributed by atoms with Gasteiger partial charge in [-0.25, -0.2) is 9.98 Å². The highest BCUT2D eigenvalue weighted by Crippen LogP contribution is 2.27. The second-order valence-corrected chi connectivity index (χ2v) is 3.20. The van der Waals surface area contributed by atoms with E-state index in [1.54, 1.807) is 35.2 Å². The Morgan fingerprint density at radius 3 is 1.55 bits per heavy atom. The van der Waals surface area contributed by atoms with Crippen molar-refractivity contribution in [3.05, 3.63) is 24.3 Å². The maximum atomic E-state index is 8.80. The van der Waals surface area contributed by atoms with Gasteiger partial charge in [0.05, 0.1) is 11.4 Å². The SMILES string of the molecule is O/N=C\C(=Nc1ccccc1N=C(/C=N/O)NO)NO. The van der Waals surface area contributed by atoms with Crippen LogP contribution in [0.5, 0.6) is 0 Å². The number of aliphatic imine (C=N–C) groups is 2. The van der Waals surface area contributed by atoms with Gasteiger partial charge in [-0.15, -0.1) is 0 Å². The number of benzene rings is 1. The van der Waals surface area contributed by atoms with Crippen molar-refractivity contribution in [1.82, 2.24) is 11.0 Å². The Hall–Kier alpha value is -2.98. The van der Waals surface area contributed by atoms with Crippen LogP contribution in [-0.2, 0) is 0 Å². The molecule has 0 radical (unpaired) electrons. The van der Waals surface area contributed by atoms with E-state index in [1.807, 2.05) is 0 Å². The standard InChI is InChI=1S/C10H12N6O4/c17-11-5-9(15-19)13-7-3-1-2-4-8(7)14-10(16-20)6-12-18/h1-6,17-20H,(H,13,15)(H,14,16)/b11-5-,12-6+. The maximum absolute atomic E-state index is 8.80. The molecule has 6 N–H and O–H groups in total. The van der Waals surface area contributed by atoms with Gasteiger partial charge in [-0.05, 0) is 12.1 Å². The average Bonchev–Trinajstić information content (AvgIpc) is 2.48. The quantitative estimate of drug-likeness (QED) is 0.205. The molecule has 20 heavy (non-hydrogen) atoms. The van der Waals surface area contributed by atoms with E-state index in [-0.39, 0.29) is 11.7 Å². The molecular formula is C10H12N6O4. The van der Waals surface area contributed by atoms with Crippen molar-refractivity contribution in [2.75, 3.05) is 0 Å². The first kappa shape index (κ1) is 15.1. The van der Waals surface area contributed by atoms with E-state index in [1.165, 1.54) is 0 Å². The topological polar surface area (TPSA) is 154 Å². The Kier molecular flexibility index (Phi) is 6.17. The summed E-state index contributed by atoms with van der Waals surface area (Å²) in [5.74, 6) is -0.269. The van der Waals surface area contributed by atoms with Crippen molar-refractivity contribution in [3.63, 3.8) is 0 Å². The number of nitrogens with zero attached hydrogens (tertiary/aromatic N) is 4. The summed E-state index contributed by atoms with van der Waals surface area (Å²) in [6.45, 7) is 0. The van der Waals surface area contributed by atoms with Crippen LogP contribution >= 0.6 is 0 Å². The molecule has 0 bridgehead atoms. The summed E-state index contributed by atoms with van der Waals surface area (Å²) < 4.78 is 0. The molecule has 10 heteroatoms. The molecule has 0 fully saturated rings. The van der Waals surface area contributed by atoms with Crippen LogP contribution in [0.2, 0.25) is 0 Å². The molecule has 10 nitrogen and oxygen atoms in total. The van der Waals surface area contributed by atoms with Crippen molar-refractivity contribution in [1.29, 1.82) is 0 Å². The number of hydroxylamine groups is 2. The number of hydrogen-bond donors (Lipinski definition) is 6. The van der Waals surface area contributed by atoms with E-state index in [9.17, 15) is 0 Å². The van der Waals surface area contributed by atoms with Gasteiger partial charge in [-0.2, -0.15) is 0 Å². The van der Waals surface area contributed by atoms with Crippen LogP contribution < -0.4 is 11.0 Å². The molecular weight excluding hydrogens is 268 g/mol. The van der Waals surface area contributed by atoms with Crippen molar-refractivity contribution >= 4 is 35.5 Å². The van der Waals surface area contributed by atoms with Crippen LogP contribution in [0.15, 0.2) is 44.6 Å². The lowest BCUT2D eigenvalue weighted by Gasteiger charge is -2.03. The van der Waals surface area contributed by atoms with Crippen molar-refractivity contribution in [2.24, 2.45) is 20.3 Å². The van der Waals surface area contributed by atoms with Gasteiger partial charge in [0, 0.05) is 0 Å². The van der Waals surface area contributed by atoms with Crippen LogP contribution in [0.4, 0.5) is 11.4 Å². The largest absolute Gasteiger partial charge is 0.411 e. The van der Waals surface area contributed by atoms with Crippen LogP contribution in [0.3, 0.4) is 0 Å². The molecule has 1 aromatic rings. The zero-order chi connectivity index (χ0) is 14.8. The minimum Gasteiger partial charge on any atom is -0.411 e. The van der Waals surface area contributed by atoms with Gasteiger partial charge in [0.2, 0.25) is 0 Å². The van der Waals surface area contributed by atoms with Crippen LogP contribution in [0, 0.1) is 0 Å². The van der Waals surface area contributed by atoms with Crippen molar-refractivity contribution in [3.8, 4) is 0 Å². The number of hydrogen-bond acceptors (Lipinski definition) is 8. The van der Waals surface area contributed by atoms with E-state index in [0.29, 0.717) is 11.4 Å². The Labute approximate surface area is 113 Å². The van der Waals surface area contributed by atoms with Gasteiger partial charge >= 0.3 is 0 Å². The monoisotopic (exact) mass is 280 g/mol.